The summed E-state index contributed by atoms with van der Waals surface area (Å²) in [6.07, 6.45) is 2.78. The molecule has 0 aliphatic carbocycles. The minimum Gasteiger partial charge on any atom is -0.507 e. The number of nitrogens with zero attached hydrogens (tertiary/aromatic N) is 2. The molecular formula is C26H29ClN2O5. The van der Waals surface area contributed by atoms with Crippen molar-refractivity contribution in [1.82, 2.24) is 9.47 Å². The van der Waals surface area contributed by atoms with Gasteiger partial charge in [-0.05, 0) is 69.6 Å². The third kappa shape index (κ3) is 4.91. The Bertz CT molecular complexity index is 1200. The fourth-order valence-corrected chi connectivity index (χ4v) is 4.90. The number of piperidine rings is 1. The number of benzene rings is 1. The minimum absolute atomic E-state index is 0.0735. The second-order valence-electron chi connectivity index (χ2n) is 8.54. The molecule has 7 nitrogen and oxygen atoms in total. The van der Waals surface area contributed by atoms with Crippen molar-refractivity contribution in [3.05, 3.63) is 86.7 Å². The summed E-state index contributed by atoms with van der Waals surface area (Å²) in [6.45, 7) is 5.31. The molecule has 34 heavy (non-hydrogen) atoms. The molecule has 0 spiro atoms. The molecule has 0 bridgehead atoms. The summed E-state index contributed by atoms with van der Waals surface area (Å²) in [5.74, 6) is 0.211. The van der Waals surface area contributed by atoms with Crippen molar-refractivity contribution in [2.24, 2.45) is 5.92 Å². The Morgan fingerprint density at radius 2 is 1.97 bits per heavy atom. The zero-order valence-corrected chi connectivity index (χ0v) is 20.1. The zero-order chi connectivity index (χ0) is 24.2. The van der Waals surface area contributed by atoms with Gasteiger partial charge in [0.2, 0.25) is 0 Å². The van der Waals surface area contributed by atoms with Gasteiger partial charge in [-0.3, -0.25) is 14.5 Å². The standard InChI is InChI=1S/C26H29ClN2O5/c1-3-33-26(32)18-10-12-28(13-11-18)24(20-8-4-5-9-21(20)27)23-22(30)15-17(2)29(25(23)31)16-19-7-6-14-34-19/h4-9,14-15,18,24,30H,3,10-13,16H2,1-2H3. The largest absolute Gasteiger partial charge is 0.507 e. The number of pyridine rings is 1. The fourth-order valence-electron chi connectivity index (χ4n) is 4.67. The third-order valence-corrected chi connectivity index (χ3v) is 6.75. The Morgan fingerprint density at radius 3 is 2.62 bits per heavy atom. The molecule has 1 atom stereocenters. The van der Waals surface area contributed by atoms with Gasteiger partial charge in [-0.15, -0.1) is 0 Å². The Morgan fingerprint density at radius 1 is 1.24 bits per heavy atom. The lowest BCUT2D eigenvalue weighted by Crippen LogP contribution is -2.42. The SMILES string of the molecule is CCOC(=O)C1CCN(C(c2ccccc2Cl)c2c(O)cc(C)n(Cc3ccco3)c2=O)CC1. The molecule has 0 amide bonds. The summed E-state index contributed by atoms with van der Waals surface area (Å²) in [7, 11) is 0. The van der Waals surface area contributed by atoms with E-state index in [1.54, 1.807) is 42.9 Å². The third-order valence-electron chi connectivity index (χ3n) is 6.40. The smallest absolute Gasteiger partial charge is 0.309 e. The van der Waals surface area contributed by atoms with Crippen molar-refractivity contribution in [2.45, 2.75) is 39.3 Å². The fraction of sp³-hybridized carbons (Fsp3) is 0.385. The van der Waals surface area contributed by atoms with Gasteiger partial charge in [0, 0.05) is 10.7 Å². The number of aromatic nitrogens is 1. The van der Waals surface area contributed by atoms with Crippen LogP contribution in [-0.4, -0.2) is 40.2 Å². The topological polar surface area (TPSA) is 84.9 Å². The molecule has 3 aromatic rings. The first-order valence-corrected chi connectivity index (χ1v) is 11.9. The zero-order valence-electron chi connectivity index (χ0n) is 19.4. The van der Waals surface area contributed by atoms with Gasteiger partial charge in [0.1, 0.15) is 11.5 Å². The highest BCUT2D eigenvalue weighted by molar-refractivity contribution is 6.31. The van der Waals surface area contributed by atoms with E-state index < -0.39 is 6.04 Å². The number of ether oxygens (including phenoxy) is 1. The number of aromatic hydroxyl groups is 1. The summed E-state index contributed by atoms with van der Waals surface area (Å²) >= 11 is 6.59. The molecule has 2 aromatic heterocycles. The van der Waals surface area contributed by atoms with Gasteiger partial charge in [0.15, 0.2) is 0 Å². The number of hydrogen-bond acceptors (Lipinski definition) is 6. The Labute approximate surface area is 203 Å². The number of furan rings is 1. The van der Waals surface area contributed by atoms with Crippen LogP contribution < -0.4 is 5.56 Å². The molecule has 3 heterocycles. The number of halogens is 1. The molecule has 0 radical (unpaired) electrons. The Hall–Kier alpha value is -3.03. The lowest BCUT2D eigenvalue weighted by Gasteiger charge is -2.37. The number of carbonyl (C=O) groups excluding carboxylic acids is 1. The summed E-state index contributed by atoms with van der Waals surface area (Å²) in [5.41, 5.74) is 1.33. The maximum atomic E-state index is 13.8. The summed E-state index contributed by atoms with van der Waals surface area (Å²) in [4.78, 5) is 28.1. The van der Waals surface area contributed by atoms with Crippen LogP contribution in [-0.2, 0) is 16.1 Å². The van der Waals surface area contributed by atoms with Crippen molar-refractivity contribution < 1.29 is 19.1 Å². The maximum Gasteiger partial charge on any atom is 0.309 e. The molecule has 0 saturated carbocycles. The number of esters is 1. The van der Waals surface area contributed by atoms with Crippen LogP contribution in [0.3, 0.4) is 0 Å². The van der Waals surface area contributed by atoms with E-state index in [0.29, 0.717) is 49.0 Å². The first-order chi connectivity index (χ1) is 16.4. The second-order valence-corrected chi connectivity index (χ2v) is 8.95. The average Bonchev–Trinajstić information content (AvgIpc) is 3.34. The van der Waals surface area contributed by atoms with Crippen LogP contribution in [0.15, 0.2) is 57.9 Å². The summed E-state index contributed by atoms with van der Waals surface area (Å²) in [5, 5.41) is 11.5. The molecule has 1 aliphatic heterocycles. The van der Waals surface area contributed by atoms with Crippen LogP contribution in [0.4, 0.5) is 0 Å². The highest BCUT2D eigenvalue weighted by Crippen LogP contribution is 2.38. The number of carbonyl (C=O) groups is 1. The van der Waals surface area contributed by atoms with Crippen LogP contribution in [0.25, 0.3) is 0 Å². The van der Waals surface area contributed by atoms with Gasteiger partial charge in [0.05, 0.1) is 36.9 Å². The van der Waals surface area contributed by atoms with Gasteiger partial charge in [-0.25, -0.2) is 0 Å². The number of rotatable bonds is 7. The number of aryl methyl sites for hydroxylation is 1. The van der Waals surface area contributed by atoms with Gasteiger partial charge >= 0.3 is 5.97 Å². The van der Waals surface area contributed by atoms with Gasteiger partial charge in [0.25, 0.3) is 5.56 Å². The van der Waals surface area contributed by atoms with Crippen molar-refractivity contribution in [1.29, 1.82) is 0 Å². The molecule has 8 heteroatoms. The van der Waals surface area contributed by atoms with E-state index in [-0.39, 0.29) is 35.3 Å². The predicted octanol–water partition coefficient (Wildman–Crippen LogP) is 4.52. The molecule has 1 fully saturated rings. The Kier molecular flexibility index (Phi) is 7.44. The molecule has 4 rings (SSSR count). The quantitative estimate of drug-likeness (QED) is 0.496. The molecule has 1 saturated heterocycles. The van der Waals surface area contributed by atoms with Gasteiger partial charge < -0.3 is 18.8 Å². The first-order valence-electron chi connectivity index (χ1n) is 11.5. The number of hydrogen-bond donors (Lipinski definition) is 1. The molecule has 1 N–H and O–H groups in total. The second kappa shape index (κ2) is 10.5. The van der Waals surface area contributed by atoms with E-state index >= 15 is 0 Å². The highest BCUT2D eigenvalue weighted by Gasteiger charge is 2.35. The van der Waals surface area contributed by atoms with Crippen LogP contribution in [0.2, 0.25) is 5.02 Å². The molecule has 1 aromatic carbocycles. The van der Waals surface area contributed by atoms with E-state index in [4.69, 9.17) is 20.8 Å². The minimum atomic E-state index is -0.562. The van der Waals surface area contributed by atoms with Crippen molar-refractivity contribution in [3.63, 3.8) is 0 Å². The van der Waals surface area contributed by atoms with E-state index in [1.807, 2.05) is 24.3 Å². The summed E-state index contributed by atoms with van der Waals surface area (Å²) < 4.78 is 12.3. The van der Waals surface area contributed by atoms with E-state index in [1.165, 1.54) is 0 Å². The molecular weight excluding hydrogens is 456 g/mol. The lowest BCUT2D eigenvalue weighted by molar-refractivity contribution is -0.149. The molecule has 180 valence electrons. The van der Waals surface area contributed by atoms with Crippen molar-refractivity contribution >= 4 is 17.6 Å². The van der Waals surface area contributed by atoms with Crippen LogP contribution in [0.5, 0.6) is 5.75 Å². The first kappa shape index (κ1) is 24.1. The van der Waals surface area contributed by atoms with Crippen LogP contribution in [0, 0.1) is 12.8 Å². The van der Waals surface area contributed by atoms with Crippen LogP contribution in [0.1, 0.15) is 48.4 Å². The summed E-state index contributed by atoms with van der Waals surface area (Å²) in [6, 6.07) is 12.0. The van der Waals surface area contributed by atoms with E-state index in [0.717, 1.165) is 5.56 Å². The average molecular weight is 485 g/mol. The monoisotopic (exact) mass is 484 g/mol. The van der Waals surface area contributed by atoms with Crippen molar-refractivity contribution in [2.75, 3.05) is 19.7 Å². The number of likely N-dealkylation sites (tertiary alicyclic amines) is 1. The molecule has 1 unspecified atom stereocenters. The Balaban J connectivity index is 1.76. The maximum absolute atomic E-state index is 13.8. The van der Waals surface area contributed by atoms with Gasteiger partial charge in [-0.1, -0.05) is 29.8 Å². The van der Waals surface area contributed by atoms with Crippen molar-refractivity contribution in [3.8, 4) is 5.75 Å². The van der Waals surface area contributed by atoms with E-state index in [2.05, 4.69) is 4.90 Å². The van der Waals surface area contributed by atoms with Crippen LogP contribution >= 0.6 is 11.6 Å². The van der Waals surface area contributed by atoms with E-state index in [9.17, 15) is 14.7 Å². The van der Waals surface area contributed by atoms with Gasteiger partial charge in [-0.2, -0.15) is 0 Å². The lowest BCUT2D eigenvalue weighted by atomic mass is 9.91. The molecule has 1 aliphatic rings. The normalized spacial score (nSPS) is 15.9. The predicted molar refractivity (Wildman–Crippen MR) is 129 cm³/mol. The highest BCUT2D eigenvalue weighted by atomic mass is 35.5.